The van der Waals surface area contributed by atoms with Crippen LogP contribution in [0.4, 0.5) is 5.69 Å². The quantitative estimate of drug-likeness (QED) is 0.548. The van der Waals surface area contributed by atoms with Crippen LogP contribution in [0.1, 0.15) is 6.92 Å². The van der Waals surface area contributed by atoms with Crippen LogP contribution in [0.15, 0.2) is 40.1 Å². The van der Waals surface area contributed by atoms with Crippen LogP contribution in [0, 0.1) is 4.77 Å². The number of imidazole rings is 1. The monoisotopic (exact) mass is 297 g/mol. The van der Waals surface area contributed by atoms with Crippen LogP contribution in [-0.4, -0.2) is 14.1 Å². The van der Waals surface area contributed by atoms with E-state index < -0.39 is 0 Å². The van der Waals surface area contributed by atoms with Gasteiger partial charge in [0.25, 0.3) is 5.56 Å². The number of aromatic nitrogens is 2. The van der Waals surface area contributed by atoms with Crippen molar-refractivity contribution in [3.05, 3.63) is 50.8 Å². The second-order valence-electron chi connectivity index (χ2n) is 4.91. The van der Waals surface area contributed by atoms with Crippen molar-refractivity contribution in [1.29, 1.82) is 0 Å². The number of fused-ring (bicyclic) bond motifs is 4. The van der Waals surface area contributed by atoms with Crippen molar-refractivity contribution in [2.45, 2.75) is 13.5 Å². The zero-order chi connectivity index (χ0) is 14.7. The van der Waals surface area contributed by atoms with Crippen LogP contribution in [0.25, 0.3) is 16.6 Å². The first-order chi connectivity index (χ1) is 10.1. The lowest BCUT2D eigenvalue weighted by atomic mass is 10.1. The fourth-order valence-corrected chi connectivity index (χ4v) is 3.22. The molecule has 1 N–H and O–H groups in total. The van der Waals surface area contributed by atoms with Crippen LogP contribution in [0.3, 0.4) is 0 Å². The van der Waals surface area contributed by atoms with Gasteiger partial charge in [-0.1, -0.05) is 18.2 Å². The summed E-state index contributed by atoms with van der Waals surface area (Å²) in [5.74, 6) is 0.0202. The molecule has 3 heterocycles. The second-order valence-corrected chi connectivity index (χ2v) is 5.28. The highest BCUT2D eigenvalue weighted by molar-refractivity contribution is 7.71. The van der Waals surface area contributed by atoms with Gasteiger partial charge in [0.15, 0.2) is 4.77 Å². The van der Waals surface area contributed by atoms with Gasteiger partial charge in [0.2, 0.25) is 5.88 Å². The SMILES string of the molecule is CCn1c(O)c2cc3c(c(=O)n2c1=S)=Nc1ccccc1-3. The summed E-state index contributed by atoms with van der Waals surface area (Å²) in [6.07, 6.45) is 0. The highest BCUT2D eigenvalue weighted by atomic mass is 32.1. The van der Waals surface area contributed by atoms with E-state index in [4.69, 9.17) is 12.2 Å². The summed E-state index contributed by atoms with van der Waals surface area (Å²) in [6.45, 7) is 2.37. The Kier molecular flexibility index (Phi) is 2.35. The van der Waals surface area contributed by atoms with Crippen LogP contribution >= 0.6 is 12.2 Å². The van der Waals surface area contributed by atoms with Gasteiger partial charge in [0, 0.05) is 17.7 Å². The van der Waals surface area contributed by atoms with Crippen molar-refractivity contribution in [3.63, 3.8) is 0 Å². The maximum absolute atomic E-state index is 12.7. The second kappa shape index (κ2) is 4.02. The Balaban J connectivity index is 2.25. The smallest absolute Gasteiger partial charge is 0.284 e. The molecule has 0 unspecified atom stereocenters. The van der Waals surface area contributed by atoms with Crippen LogP contribution in [0.5, 0.6) is 5.88 Å². The number of benzene rings is 1. The highest BCUT2D eigenvalue weighted by Gasteiger charge is 2.21. The minimum Gasteiger partial charge on any atom is -0.493 e. The molecule has 4 rings (SSSR count). The molecule has 3 aromatic rings. The molecule has 0 fully saturated rings. The Morgan fingerprint density at radius 3 is 2.81 bits per heavy atom. The minimum absolute atomic E-state index is 0.0202. The minimum atomic E-state index is -0.286. The fourth-order valence-electron chi connectivity index (χ4n) is 2.82. The van der Waals surface area contributed by atoms with E-state index in [1.807, 2.05) is 31.2 Å². The number of hydrogen-bond acceptors (Lipinski definition) is 4. The van der Waals surface area contributed by atoms with Gasteiger partial charge >= 0.3 is 0 Å². The van der Waals surface area contributed by atoms with Crippen molar-refractivity contribution in [2.24, 2.45) is 4.99 Å². The summed E-state index contributed by atoms with van der Waals surface area (Å²) in [7, 11) is 0. The third kappa shape index (κ3) is 1.42. The summed E-state index contributed by atoms with van der Waals surface area (Å²) >= 11 is 5.28. The predicted octanol–water partition coefficient (Wildman–Crippen LogP) is 2.21. The Morgan fingerprint density at radius 2 is 2.05 bits per heavy atom. The molecular formula is C15H11N3O2S. The Hall–Kier alpha value is -2.47. The van der Waals surface area contributed by atoms with Gasteiger partial charge in [-0.25, -0.2) is 9.39 Å². The summed E-state index contributed by atoms with van der Waals surface area (Å²) in [6, 6.07) is 9.35. The van der Waals surface area contributed by atoms with Crippen molar-refractivity contribution in [2.75, 3.05) is 0 Å². The maximum Gasteiger partial charge on any atom is 0.284 e. The predicted molar refractivity (Wildman–Crippen MR) is 81.7 cm³/mol. The molecule has 0 bridgehead atoms. The number of nitrogens with zero attached hydrogens (tertiary/aromatic N) is 3. The molecule has 1 aliphatic rings. The van der Waals surface area contributed by atoms with Gasteiger partial charge in [-0.2, -0.15) is 0 Å². The molecule has 21 heavy (non-hydrogen) atoms. The van der Waals surface area contributed by atoms with Crippen molar-refractivity contribution < 1.29 is 5.11 Å². The lowest BCUT2D eigenvalue weighted by molar-refractivity contribution is 0.425. The van der Waals surface area contributed by atoms with Crippen molar-refractivity contribution in [1.82, 2.24) is 8.97 Å². The molecule has 0 aliphatic carbocycles. The molecule has 104 valence electrons. The van der Waals surface area contributed by atoms with E-state index in [0.717, 1.165) is 16.8 Å². The van der Waals surface area contributed by atoms with E-state index >= 15 is 0 Å². The third-order valence-electron chi connectivity index (χ3n) is 3.83. The van der Waals surface area contributed by atoms with Gasteiger partial charge in [-0.15, -0.1) is 0 Å². The van der Waals surface area contributed by atoms with Crippen LogP contribution < -0.4 is 10.9 Å². The molecule has 0 amide bonds. The molecule has 0 saturated heterocycles. The first kappa shape index (κ1) is 12.3. The van der Waals surface area contributed by atoms with Gasteiger partial charge in [0.1, 0.15) is 10.9 Å². The van der Waals surface area contributed by atoms with Crippen molar-refractivity contribution >= 4 is 23.4 Å². The van der Waals surface area contributed by atoms with Gasteiger partial charge in [-0.05, 0) is 31.3 Å². The number of aromatic hydroxyl groups is 1. The molecule has 1 aliphatic heterocycles. The molecule has 0 spiro atoms. The first-order valence-electron chi connectivity index (χ1n) is 6.63. The Morgan fingerprint density at radius 1 is 1.29 bits per heavy atom. The summed E-state index contributed by atoms with van der Waals surface area (Å²) in [4.78, 5) is 17.1. The zero-order valence-corrected chi connectivity index (χ0v) is 12.0. The van der Waals surface area contributed by atoms with Gasteiger partial charge < -0.3 is 5.11 Å². The standard InChI is InChI=1S/C15H11N3O2S/c1-2-17-13(19)11-7-9-8-5-3-4-6-10(8)16-12(9)14(20)18(11)15(17)21/h3-7,19H,2H2,1H3. The number of para-hydroxylation sites is 1. The van der Waals surface area contributed by atoms with E-state index in [0.29, 0.717) is 22.2 Å². The average molecular weight is 297 g/mol. The topological polar surface area (TPSA) is 59.0 Å². The average Bonchev–Trinajstić information content (AvgIpc) is 2.97. The summed E-state index contributed by atoms with van der Waals surface area (Å²) in [5, 5.41) is 10.7. The summed E-state index contributed by atoms with van der Waals surface area (Å²) in [5.41, 5.74) is 2.56. The molecule has 0 atom stereocenters. The number of pyridine rings is 1. The van der Waals surface area contributed by atoms with E-state index in [1.165, 1.54) is 8.97 Å². The third-order valence-corrected chi connectivity index (χ3v) is 4.24. The highest BCUT2D eigenvalue weighted by Crippen LogP contribution is 2.33. The van der Waals surface area contributed by atoms with E-state index in [-0.39, 0.29) is 11.4 Å². The lowest BCUT2D eigenvalue weighted by Gasteiger charge is -1.99. The van der Waals surface area contributed by atoms with Crippen LogP contribution in [0.2, 0.25) is 0 Å². The molecule has 2 aromatic heterocycles. The Labute approximate surface area is 124 Å². The van der Waals surface area contributed by atoms with E-state index in [2.05, 4.69) is 4.99 Å². The molecular weight excluding hydrogens is 286 g/mol. The molecule has 0 saturated carbocycles. The molecule has 5 nitrogen and oxygen atoms in total. The number of hydrogen-bond donors (Lipinski definition) is 1. The summed E-state index contributed by atoms with van der Waals surface area (Å²) < 4.78 is 3.18. The number of rotatable bonds is 1. The van der Waals surface area contributed by atoms with Gasteiger partial charge in [0.05, 0.1) is 5.69 Å². The largest absolute Gasteiger partial charge is 0.493 e. The Bertz CT molecular complexity index is 1080. The molecule has 1 aromatic carbocycles. The van der Waals surface area contributed by atoms with Gasteiger partial charge in [-0.3, -0.25) is 9.36 Å². The first-order valence-corrected chi connectivity index (χ1v) is 7.03. The molecule has 6 heteroatoms. The fraction of sp³-hybridized carbons (Fsp3) is 0.133. The van der Waals surface area contributed by atoms with E-state index in [9.17, 15) is 9.90 Å². The molecule has 0 radical (unpaired) electrons. The zero-order valence-electron chi connectivity index (χ0n) is 11.2. The lowest BCUT2D eigenvalue weighted by Crippen LogP contribution is -2.31. The van der Waals surface area contributed by atoms with E-state index in [1.54, 1.807) is 6.07 Å². The maximum atomic E-state index is 12.7. The van der Waals surface area contributed by atoms with Crippen molar-refractivity contribution in [3.8, 4) is 17.0 Å². The van der Waals surface area contributed by atoms with Crippen LogP contribution in [-0.2, 0) is 6.54 Å². The normalized spacial score (nSPS) is 12.2.